The molecule has 0 radical (unpaired) electrons. The molecule has 0 aliphatic rings. The Morgan fingerprint density at radius 2 is 2.17 bits per heavy atom. The summed E-state index contributed by atoms with van der Waals surface area (Å²) in [5.74, 6) is 0.161. The van der Waals surface area contributed by atoms with Gasteiger partial charge in [0.1, 0.15) is 0 Å². The highest BCUT2D eigenvalue weighted by atomic mass is 32.2. The normalized spacial score (nSPS) is 11.9. The lowest BCUT2D eigenvalue weighted by atomic mass is 10.1. The van der Waals surface area contributed by atoms with Crippen LogP contribution in [0.15, 0.2) is 28.3 Å². The largest absolute Gasteiger partial charge is 0.409 e. The summed E-state index contributed by atoms with van der Waals surface area (Å²) >= 11 is 1.59. The van der Waals surface area contributed by atoms with Crippen molar-refractivity contribution in [3.05, 3.63) is 23.8 Å². The number of amidine groups is 1. The van der Waals surface area contributed by atoms with E-state index in [1.165, 1.54) is 0 Å². The number of benzene rings is 1. The number of rotatable bonds is 5. The molecule has 0 aliphatic heterocycles. The Morgan fingerprint density at radius 3 is 2.61 bits per heavy atom. The average molecular weight is 267 g/mol. The average Bonchev–Trinajstić information content (AvgIpc) is 2.37. The van der Waals surface area contributed by atoms with Gasteiger partial charge in [-0.25, -0.2) is 0 Å². The third-order valence-corrected chi connectivity index (χ3v) is 3.64. The lowest BCUT2D eigenvalue weighted by molar-refractivity contribution is 0.318. The second kappa shape index (κ2) is 6.54. The van der Waals surface area contributed by atoms with Crippen molar-refractivity contribution < 1.29 is 5.21 Å². The number of anilines is 1. The van der Waals surface area contributed by atoms with Gasteiger partial charge in [0.25, 0.3) is 0 Å². The van der Waals surface area contributed by atoms with E-state index in [1.807, 2.05) is 24.5 Å². The summed E-state index contributed by atoms with van der Waals surface area (Å²) in [6.07, 6.45) is 1.99. The van der Waals surface area contributed by atoms with E-state index in [1.54, 1.807) is 11.8 Å². The monoisotopic (exact) mass is 267 g/mol. The maximum atomic E-state index is 8.96. The molecule has 0 saturated carbocycles. The van der Waals surface area contributed by atoms with Gasteiger partial charge in [-0.15, -0.1) is 11.8 Å². The molecule has 5 heteroatoms. The Bertz CT molecular complexity index is 432. The molecule has 1 rings (SSSR count). The Morgan fingerprint density at radius 1 is 1.50 bits per heavy atom. The Balaban J connectivity index is 3.43. The van der Waals surface area contributed by atoms with Crippen LogP contribution in [0.1, 0.15) is 26.3 Å². The number of hydrogen-bond donors (Lipinski definition) is 2. The third kappa shape index (κ3) is 2.90. The molecule has 1 aromatic rings. The van der Waals surface area contributed by atoms with Crippen LogP contribution >= 0.6 is 11.8 Å². The van der Waals surface area contributed by atoms with Crippen LogP contribution in [-0.4, -0.2) is 29.9 Å². The van der Waals surface area contributed by atoms with Crippen LogP contribution in [0.25, 0.3) is 0 Å². The molecule has 0 aliphatic carbocycles. The van der Waals surface area contributed by atoms with Gasteiger partial charge in [0, 0.05) is 23.2 Å². The molecule has 0 unspecified atom stereocenters. The highest BCUT2D eigenvalue weighted by Crippen LogP contribution is 2.30. The Kier molecular flexibility index (Phi) is 5.34. The van der Waals surface area contributed by atoms with E-state index < -0.39 is 0 Å². The van der Waals surface area contributed by atoms with Gasteiger partial charge in [-0.2, -0.15) is 0 Å². The SMILES string of the molecule is CCN(c1cccc(SC)c1/C(N)=N/O)C(C)C. The van der Waals surface area contributed by atoms with E-state index in [0.29, 0.717) is 6.04 Å². The van der Waals surface area contributed by atoms with E-state index in [-0.39, 0.29) is 5.84 Å². The second-order valence-electron chi connectivity index (χ2n) is 4.22. The first-order valence-electron chi connectivity index (χ1n) is 5.98. The van der Waals surface area contributed by atoms with Crippen molar-refractivity contribution in [1.82, 2.24) is 0 Å². The summed E-state index contributed by atoms with van der Waals surface area (Å²) in [5.41, 5.74) is 7.64. The van der Waals surface area contributed by atoms with Crippen molar-refractivity contribution in [1.29, 1.82) is 0 Å². The topological polar surface area (TPSA) is 61.8 Å². The third-order valence-electron chi connectivity index (χ3n) is 2.86. The summed E-state index contributed by atoms with van der Waals surface area (Å²) in [5, 5.41) is 12.1. The van der Waals surface area contributed by atoms with Gasteiger partial charge in [0.2, 0.25) is 0 Å². The molecule has 0 heterocycles. The van der Waals surface area contributed by atoms with E-state index in [9.17, 15) is 0 Å². The van der Waals surface area contributed by atoms with Crippen LogP contribution in [0.3, 0.4) is 0 Å². The van der Waals surface area contributed by atoms with E-state index in [0.717, 1.165) is 22.7 Å². The number of nitrogens with two attached hydrogens (primary N) is 1. The minimum atomic E-state index is 0.161. The second-order valence-corrected chi connectivity index (χ2v) is 5.07. The summed E-state index contributed by atoms with van der Waals surface area (Å²) < 4.78 is 0. The highest BCUT2D eigenvalue weighted by Gasteiger charge is 2.18. The Hall–Kier alpha value is -1.36. The maximum Gasteiger partial charge on any atom is 0.173 e. The Labute approximate surface area is 113 Å². The molecule has 3 N–H and O–H groups in total. The fourth-order valence-electron chi connectivity index (χ4n) is 2.05. The number of nitrogens with zero attached hydrogens (tertiary/aromatic N) is 2. The summed E-state index contributed by atoms with van der Waals surface area (Å²) in [6, 6.07) is 6.35. The highest BCUT2D eigenvalue weighted by molar-refractivity contribution is 7.98. The molecule has 0 aromatic heterocycles. The molecule has 0 amide bonds. The lowest BCUT2D eigenvalue weighted by Gasteiger charge is -2.30. The van der Waals surface area contributed by atoms with Crippen LogP contribution in [-0.2, 0) is 0 Å². The maximum absolute atomic E-state index is 8.96. The standard InChI is InChI=1S/C13H21N3OS/c1-5-16(9(2)3)10-7-6-8-11(18-4)12(10)13(14)15-17/h6-9,17H,5H2,1-4H3,(H2,14,15). The summed E-state index contributed by atoms with van der Waals surface area (Å²) in [6.45, 7) is 7.24. The molecule has 4 nitrogen and oxygen atoms in total. The molecule has 0 spiro atoms. The van der Waals surface area contributed by atoms with Crippen molar-refractivity contribution in [2.24, 2.45) is 10.9 Å². The van der Waals surface area contributed by atoms with Crippen LogP contribution in [0.2, 0.25) is 0 Å². The van der Waals surface area contributed by atoms with Crippen molar-refractivity contribution in [3.8, 4) is 0 Å². The minimum absolute atomic E-state index is 0.161. The molecule has 0 atom stereocenters. The van der Waals surface area contributed by atoms with Gasteiger partial charge in [0.15, 0.2) is 5.84 Å². The van der Waals surface area contributed by atoms with Gasteiger partial charge in [-0.05, 0) is 39.2 Å². The fraction of sp³-hybridized carbons (Fsp3) is 0.462. The molecule has 18 heavy (non-hydrogen) atoms. The van der Waals surface area contributed by atoms with Crippen molar-refractivity contribution >= 4 is 23.3 Å². The van der Waals surface area contributed by atoms with E-state index in [4.69, 9.17) is 10.9 Å². The van der Waals surface area contributed by atoms with Crippen LogP contribution in [0.5, 0.6) is 0 Å². The van der Waals surface area contributed by atoms with Crippen LogP contribution in [0.4, 0.5) is 5.69 Å². The fourth-order valence-corrected chi connectivity index (χ4v) is 2.68. The predicted octanol–water partition coefficient (Wildman–Crippen LogP) is 2.74. The smallest absolute Gasteiger partial charge is 0.173 e. The number of thioether (sulfide) groups is 1. The van der Waals surface area contributed by atoms with E-state index >= 15 is 0 Å². The van der Waals surface area contributed by atoms with Gasteiger partial charge >= 0.3 is 0 Å². The number of oxime groups is 1. The molecular weight excluding hydrogens is 246 g/mol. The van der Waals surface area contributed by atoms with Crippen LogP contribution in [0, 0.1) is 0 Å². The van der Waals surface area contributed by atoms with Gasteiger partial charge in [-0.3, -0.25) is 0 Å². The zero-order valence-electron chi connectivity index (χ0n) is 11.3. The predicted molar refractivity (Wildman–Crippen MR) is 78.9 cm³/mol. The molecule has 0 fully saturated rings. The minimum Gasteiger partial charge on any atom is -0.409 e. The first kappa shape index (κ1) is 14.7. The summed E-state index contributed by atoms with van der Waals surface area (Å²) in [7, 11) is 0. The van der Waals surface area contributed by atoms with Crippen molar-refractivity contribution in [2.75, 3.05) is 17.7 Å². The number of hydrogen-bond acceptors (Lipinski definition) is 4. The first-order chi connectivity index (χ1) is 8.56. The molecule has 0 saturated heterocycles. The van der Waals surface area contributed by atoms with Crippen LogP contribution < -0.4 is 10.6 Å². The van der Waals surface area contributed by atoms with E-state index in [2.05, 4.69) is 30.8 Å². The molecule has 100 valence electrons. The molecular formula is C13H21N3OS. The van der Waals surface area contributed by atoms with Crippen molar-refractivity contribution in [3.63, 3.8) is 0 Å². The van der Waals surface area contributed by atoms with Gasteiger partial charge < -0.3 is 15.8 Å². The van der Waals surface area contributed by atoms with Gasteiger partial charge in [-0.1, -0.05) is 11.2 Å². The lowest BCUT2D eigenvalue weighted by Crippen LogP contribution is -2.32. The summed E-state index contributed by atoms with van der Waals surface area (Å²) in [4.78, 5) is 3.24. The molecule has 1 aromatic carbocycles. The van der Waals surface area contributed by atoms with Crippen molar-refractivity contribution in [2.45, 2.75) is 31.7 Å². The quantitative estimate of drug-likeness (QED) is 0.283. The first-order valence-corrected chi connectivity index (χ1v) is 7.20. The zero-order valence-corrected chi connectivity index (χ0v) is 12.2. The van der Waals surface area contributed by atoms with Gasteiger partial charge in [0.05, 0.1) is 5.56 Å². The zero-order chi connectivity index (χ0) is 13.7. The molecule has 0 bridgehead atoms.